The van der Waals surface area contributed by atoms with Gasteiger partial charge >= 0.3 is 5.97 Å². The molecule has 2 aromatic carbocycles. The summed E-state index contributed by atoms with van der Waals surface area (Å²) in [5.41, 5.74) is 1.60. The summed E-state index contributed by atoms with van der Waals surface area (Å²) < 4.78 is 10.9. The lowest BCUT2D eigenvalue weighted by Crippen LogP contribution is -2.08. The fraction of sp³-hybridized carbons (Fsp3) is 0.111. The van der Waals surface area contributed by atoms with E-state index in [4.69, 9.17) is 21.1 Å². The van der Waals surface area contributed by atoms with Gasteiger partial charge in [0, 0.05) is 11.1 Å². The predicted octanol–water partition coefficient (Wildman–Crippen LogP) is 4.43. The summed E-state index contributed by atoms with van der Waals surface area (Å²) in [5.74, 6) is 0.323. The molecule has 0 aromatic heterocycles. The summed E-state index contributed by atoms with van der Waals surface area (Å²) in [5, 5.41) is 0.454. The molecule has 5 heteroatoms. The van der Waals surface area contributed by atoms with Gasteiger partial charge in [0.25, 0.3) is 0 Å². The van der Waals surface area contributed by atoms with Gasteiger partial charge in [0.1, 0.15) is 11.5 Å². The molecule has 0 N–H and O–H groups in total. The molecule has 0 atom stereocenters. The van der Waals surface area contributed by atoms with E-state index in [1.54, 1.807) is 44.2 Å². The minimum Gasteiger partial charge on any atom is -0.452 e. The number of ketones is 1. The Morgan fingerprint density at radius 3 is 2.61 bits per heavy atom. The number of Topliss-reactive ketones (excluding diaryl/α,β-unsaturated/α-hetero) is 1. The van der Waals surface area contributed by atoms with E-state index >= 15 is 0 Å². The Labute approximate surface area is 138 Å². The summed E-state index contributed by atoms with van der Waals surface area (Å²) in [7, 11) is 0. The van der Waals surface area contributed by atoms with Crippen molar-refractivity contribution in [3.63, 3.8) is 0 Å². The quantitative estimate of drug-likeness (QED) is 0.465. The van der Waals surface area contributed by atoms with Gasteiger partial charge in [0.15, 0.2) is 5.76 Å². The van der Waals surface area contributed by atoms with E-state index < -0.39 is 5.97 Å². The van der Waals surface area contributed by atoms with Crippen LogP contribution in [0.1, 0.15) is 34.6 Å². The Bertz CT molecular complexity index is 848. The van der Waals surface area contributed by atoms with Crippen LogP contribution in [0.3, 0.4) is 0 Å². The maximum Gasteiger partial charge on any atom is 0.343 e. The number of esters is 1. The first-order chi connectivity index (χ1) is 11.0. The largest absolute Gasteiger partial charge is 0.452 e. The highest BCUT2D eigenvalue weighted by Gasteiger charge is 2.28. The monoisotopic (exact) mass is 328 g/mol. The lowest BCUT2D eigenvalue weighted by atomic mass is 10.1. The lowest BCUT2D eigenvalue weighted by molar-refractivity contribution is 0.0734. The van der Waals surface area contributed by atoms with Crippen LogP contribution < -0.4 is 9.47 Å². The van der Waals surface area contributed by atoms with Crippen molar-refractivity contribution in [2.45, 2.75) is 13.8 Å². The summed E-state index contributed by atoms with van der Waals surface area (Å²) in [4.78, 5) is 24.2. The minimum atomic E-state index is -0.529. The van der Waals surface area contributed by atoms with E-state index in [2.05, 4.69) is 0 Å². The van der Waals surface area contributed by atoms with Crippen molar-refractivity contribution < 1.29 is 19.1 Å². The van der Waals surface area contributed by atoms with Crippen molar-refractivity contribution >= 4 is 23.4 Å². The number of hydrogen-bond acceptors (Lipinski definition) is 4. The number of carbonyl (C=O) groups is 2. The van der Waals surface area contributed by atoms with Crippen molar-refractivity contribution in [3.05, 3.63) is 69.9 Å². The molecular weight excluding hydrogens is 316 g/mol. The molecule has 2 aromatic rings. The second-order valence-electron chi connectivity index (χ2n) is 5.32. The molecule has 0 saturated heterocycles. The third-order valence-electron chi connectivity index (χ3n) is 3.34. The predicted molar refractivity (Wildman–Crippen MR) is 86.2 cm³/mol. The number of ether oxygens (including phenoxy) is 2. The third kappa shape index (κ3) is 2.98. The molecule has 4 nitrogen and oxygen atoms in total. The zero-order chi connectivity index (χ0) is 16.6. The number of carbonyl (C=O) groups excluding carboxylic acids is 2. The first kappa shape index (κ1) is 15.3. The second kappa shape index (κ2) is 5.89. The smallest absolute Gasteiger partial charge is 0.343 e. The van der Waals surface area contributed by atoms with Crippen LogP contribution in [0, 0.1) is 0 Å². The molecule has 1 aliphatic heterocycles. The van der Waals surface area contributed by atoms with Crippen molar-refractivity contribution in [2.24, 2.45) is 0 Å². The highest BCUT2D eigenvalue weighted by molar-refractivity contribution is 6.30. The van der Waals surface area contributed by atoms with Crippen LogP contribution in [0.2, 0.25) is 5.02 Å². The number of benzene rings is 2. The zero-order valence-corrected chi connectivity index (χ0v) is 13.3. The molecule has 3 rings (SSSR count). The first-order valence-electron chi connectivity index (χ1n) is 6.97. The van der Waals surface area contributed by atoms with Crippen LogP contribution in [0.5, 0.6) is 11.5 Å². The Morgan fingerprint density at radius 2 is 1.91 bits per heavy atom. The van der Waals surface area contributed by atoms with Crippen molar-refractivity contribution in [1.29, 1.82) is 0 Å². The van der Waals surface area contributed by atoms with Crippen LogP contribution in [-0.4, -0.2) is 11.8 Å². The topological polar surface area (TPSA) is 52.6 Å². The molecule has 0 aliphatic carbocycles. The Kier molecular flexibility index (Phi) is 3.92. The fourth-order valence-electron chi connectivity index (χ4n) is 2.23. The molecule has 0 bridgehead atoms. The van der Waals surface area contributed by atoms with Gasteiger partial charge < -0.3 is 9.47 Å². The molecule has 0 spiro atoms. The standard InChI is InChI=1S/C18H13ClO4/c1-10(2)17-16(20)14-7-6-13(9-15(14)23-17)22-18(21)11-4-3-5-12(19)8-11/h3-9H,1-2H3. The number of halogens is 1. The number of fused-ring (bicyclic) bond motifs is 1. The normalized spacial score (nSPS) is 12.7. The van der Waals surface area contributed by atoms with Gasteiger partial charge in [0.05, 0.1) is 11.1 Å². The highest BCUT2D eigenvalue weighted by Crippen LogP contribution is 2.35. The molecule has 23 heavy (non-hydrogen) atoms. The molecule has 0 amide bonds. The average molecular weight is 329 g/mol. The zero-order valence-electron chi connectivity index (χ0n) is 12.6. The molecular formula is C18H13ClO4. The van der Waals surface area contributed by atoms with E-state index in [1.165, 1.54) is 12.1 Å². The molecule has 1 heterocycles. The summed E-state index contributed by atoms with van der Waals surface area (Å²) in [6.07, 6.45) is 0. The van der Waals surface area contributed by atoms with Crippen molar-refractivity contribution in [1.82, 2.24) is 0 Å². The lowest BCUT2D eigenvalue weighted by Gasteiger charge is -2.06. The van der Waals surface area contributed by atoms with Crippen LogP contribution >= 0.6 is 11.6 Å². The maximum absolute atomic E-state index is 12.1. The van der Waals surface area contributed by atoms with E-state index in [-0.39, 0.29) is 5.78 Å². The highest BCUT2D eigenvalue weighted by atomic mass is 35.5. The van der Waals surface area contributed by atoms with Gasteiger partial charge in [-0.1, -0.05) is 17.7 Å². The van der Waals surface area contributed by atoms with E-state index in [9.17, 15) is 9.59 Å². The number of hydrogen-bond donors (Lipinski definition) is 0. The summed E-state index contributed by atoms with van der Waals surface area (Å²) >= 11 is 5.86. The van der Waals surface area contributed by atoms with E-state index in [0.29, 0.717) is 33.4 Å². The Balaban J connectivity index is 1.85. The van der Waals surface area contributed by atoms with Crippen LogP contribution in [-0.2, 0) is 0 Å². The maximum atomic E-state index is 12.1. The molecule has 0 fully saturated rings. The van der Waals surface area contributed by atoms with Gasteiger partial charge in [-0.2, -0.15) is 0 Å². The molecule has 0 unspecified atom stereocenters. The average Bonchev–Trinajstić information content (AvgIpc) is 2.84. The molecule has 1 aliphatic rings. The van der Waals surface area contributed by atoms with Gasteiger partial charge in [0.2, 0.25) is 5.78 Å². The molecule has 0 saturated carbocycles. The minimum absolute atomic E-state index is 0.160. The SMILES string of the molecule is CC(C)=C1Oc2cc(OC(=O)c3cccc(Cl)c3)ccc2C1=O. The number of rotatable bonds is 2. The van der Waals surface area contributed by atoms with E-state index in [0.717, 1.165) is 5.57 Å². The number of allylic oxidation sites excluding steroid dienone is 2. The van der Waals surface area contributed by atoms with Crippen molar-refractivity contribution in [3.8, 4) is 11.5 Å². The van der Waals surface area contributed by atoms with Crippen LogP contribution in [0.4, 0.5) is 0 Å². The Hall–Kier alpha value is -2.59. The molecule has 116 valence electrons. The van der Waals surface area contributed by atoms with Gasteiger partial charge in [-0.3, -0.25) is 4.79 Å². The van der Waals surface area contributed by atoms with Crippen molar-refractivity contribution in [2.75, 3.05) is 0 Å². The second-order valence-corrected chi connectivity index (χ2v) is 5.75. The van der Waals surface area contributed by atoms with Crippen LogP contribution in [0.15, 0.2) is 53.8 Å². The van der Waals surface area contributed by atoms with Crippen LogP contribution in [0.25, 0.3) is 0 Å². The summed E-state index contributed by atoms with van der Waals surface area (Å²) in [6.45, 7) is 3.61. The van der Waals surface area contributed by atoms with E-state index in [1.807, 2.05) is 0 Å². The summed E-state index contributed by atoms with van der Waals surface area (Å²) in [6, 6.07) is 11.2. The van der Waals surface area contributed by atoms with Gasteiger partial charge in [-0.05, 0) is 49.8 Å². The van der Waals surface area contributed by atoms with Gasteiger partial charge in [-0.15, -0.1) is 0 Å². The Morgan fingerprint density at radius 1 is 1.13 bits per heavy atom. The molecule has 0 radical (unpaired) electrons. The third-order valence-corrected chi connectivity index (χ3v) is 3.58. The fourth-order valence-corrected chi connectivity index (χ4v) is 2.42. The van der Waals surface area contributed by atoms with Gasteiger partial charge in [-0.25, -0.2) is 4.79 Å². The first-order valence-corrected chi connectivity index (χ1v) is 7.35.